The van der Waals surface area contributed by atoms with E-state index < -0.39 is 0 Å². The summed E-state index contributed by atoms with van der Waals surface area (Å²) in [4.78, 5) is 14.0. The minimum absolute atomic E-state index is 0.613. The Hall–Kier alpha value is -5.09. The van der Waals surface area contributed by atoms with E-state index in [1.165, 1.54) is 44.2 Å². The van der Waals surface area contributed by atoms with Crippen molar-refractivity contribution in [2.75, 3.05) is 0 Å². The van der Waals surface area contributed by atoms with Crippen LogP contribution in [0.1, 0.15) is 0 Å². The Balaban J connectivity index is 1.28. The lowest BCUT2D eigenvalue weighted by Gasteiger charge is -2.11. The highest BCUT2D eigenvalue weighted by Gasteiger charge is 2.22. The monoisotopic (exact) mass is 472 g/mol. The van der Waals surface area contributed by atoms with E-state index in [9.17, 15) is 0 Å². The van der Waals surface area contributed by atoms with Crippen molar-refractivity contribution >= 4 is 21.8 Å². The Kier molecular flexibility index (Phi) is 4.19. The van der Waals surface area contributed by atoms with Crippen LogP contribution in [-0.2, 0) is 0 Å². The SMILES string of the molecule is c1cnc(-n2c(-c3ccc(-c4ccc5c6c(cccc46)-c4ccccc4-5)cc3)nc3ccccc32)nc1. The van der Waals surface area contributed by atoms with Gasteiger partial charge in [0.25, 0.3) is 0 Å². The van der Waals surface area contributed by atoms with Crippen molar-refractivity contribution < 1.29 is 0 Å². The van der Waals surface area contributed by atoms with Gasteiger partial charge >= 0.3 is 0 Å². The first kappa shape index (κ1) is 20.1. The van der Waals surface area contributed by atoms with Crippen LogP contribution in [0.4, 0.5) is 0 Å². The minimum Gasteiger partial charge on any atom is -0.260 e. The largest absolute Gasteiger partial charge is 0.260 e. The number of hydrogen-bond acceptors (Lipinski definition) is 3. The lowest BCUT2D eigenvalue weighted by molar-refractivity contribution is 0.956. The normalized spacial score (nSPS) is 11.8. The maximum absolute atomic E-state index is 4.95. The van der Waals surface area contributed by atoms with Crippen molar-refractivity contribution in [1.82, 2.24) is 19.5 Å². The second-order valence-corrected chi connectivity index (χ2v) is 9.32. The summed E-state index contributed by atoms with van der Waals surface area (Å²) in [6.07, 6.45) is 3.52. The highest BCUT2D eigenvalue weighted by atomic mass is 15.2. The van der Waals surface area contributed by atoms with E-state index in [1.807, 2.05) is 28.8 Å². The van der Waals surface area contributed by atoms with Crippen molar-refractivity contribution in [2.24, 2.45) is 0 Å². The highest BCUT2D eigenvalue weighted by Crippen LogP contribution is 2.49. The Bertz CT molecular complexity index is 1940. The molecule has 0 N–H and O–H groups in total. The van der Waals surface area contributed by atoms with Crippen LogP contribution >= 0.6 is 0 Å². The lowest BCUT2D eigenvalue weighted by atomic mass is 9.94. The van der Waals surface area contributed by atoms with Gasteiger partial charge in [-0.3, -0.25) is 4.57 Å². The number of para-hydroxylation sites is 2. The molecule has 2 heterocycles. The molecule has 0 amide bonds. The molecule has 0 saturated heterocycles. The Morgan fingerprint density at radius 1 is 0.486 bits per heavy atom. The first-order valence-electron chi connectivity index (χ1n) is 12.4. The predicted molar refractivity (Wildman–Crippen MR) is 149 cm³/mol. The molecular formula is C33H20N4. The second kappa shape index (κ2) is 7.70. The molecule has 5 aromatic carbocycles. The predicted octanol–water partition coefficient (Wildman–Crippen LogP) is 7.95. The minimum atomic E-state index is 0.613. The van der Waals surface area contributed by atoms with Gasteiger partial charge in [0.2, 0.25) is 5.95 Å². The van der Waals surface area contributed by atoms with Gasteiger partial charge in [-0.25, -0.2) is 15.0 Å². The molecule has 1 aliphatic rings. The topological polar surface area (TPSA) is 43.6 Å². The second-order valence-electron chi connectivity index (χ2n) is 9.32. The standard InChI is InChI=1S/C33H20N4/c1-2-8-25-24(7-1)27-10-5-9-26-23(17-18-28(25)31(26)27)21-13-15-22(16-14-21)32-36-29-11-3-4-12-30(29)37(32)33-34-19-6-20-35-33/h1-20H. The number of rotatable bonds is 3. The fourth-order valence-corrected chi connectivity index (χ4v) is 5.69. The van der Waals surface area contributed by atoms with Gasteiger partial charge in [-0.05, 0) is 62.4 Å². The number of fused-ring (bicyclic) bond motifs is 4. The third kappa shape index (κ3) is 2.93. The average Bonchev–Trinajstić information content (AvgIpc) is 3.52. The van der Waals surface area contributed by atoms with Crippen LogP contribution in [0, 0.1) is 0 Å². The molecule has 7 aromatic rings. The summed E-state index contributed by atoms with van der Waals surface area (Å²) < 4.78 is 2.03. The summed E-state index contributed by atoms with van der Waals surface area (Å²) in [5, 5.41) is 2.62. The van der Waals surface area contributed by atoms with Gasteiger partial charge in [0.15, 0.2) is 0 Å². The number of benzene rings is 5. The van der Waals surface area contributed by atoms with E-state index in [2.05, 4.69) is 94.9 Å². The van der Waals surface area contributed by atoms with Gasteiger partial charge in [0, 0.05) is 18.0 Å². The average molecular weight is 473 g/mol. The Morgan fingerprint density at radius 3 is 1.95 bits per heavy atom. The van der Waals surface area contributed by atoms with Crippen LogP contribution in [0.2, 0.25) is 0 Å². The lowest BCUT2D eigenvalue weighted by Crippen LogP contribution is -2.02. The van der Waals surface area contributed by atoms with E-state index in [-0.39, 0.29) is 0 Å². The highest BCUT2D eigenvalue weighted by molar-refractivity contribution is 6.18. The molecule has 0 saturated carbocycles. The fraction of sp³-hybridized carbons (Fsp3) is 0. The number of imidazole rings is 1. The summed E-state index contributed by atoms with van der Waals surface area (Å²) in [6.45, 7) is 0. The van der Waals surface area contributed by atoms with Crippen LogP contribution in [0.25, 0.3) is 72.5 Å². The zero-order valence-electron chi connectivity index (χ0n) is 19.8. The zero-order valence-corrected chi connectivity index (χ0v) is 19.8. The summed E-state index contributed by atoms with van der Waals surface area (Å²) >= 11 is 0. The van der Waals surface area contributed by atoms with Crippen LogP contribution in [-0.4, -0.2) is 19.5 Å². The maximum atomic E-state index is 4.95. The molecule has 0 radical (unpaired) electrons. The van der Waals surface area contributed by atoms with Crippen LogP contribution < -0.4 is 0 Å². The van der Waals surface area contributed by atoms with Crippen molar-refractivity contribution in [1.29, 1.82) is 0 Å². The third-order valence-electron chi connectivity index (χ3n) is 7.32. The Morgan fingerprint density at radius 2 is 1.14 bits per heavy atom. The van der Waals surface area contributed by atoms with Gasteiger partial charge in [-0.1, -0.05) is 91.0 Å². The molecule has 0 unspecified atom stereocenters. The van der Waals surface area contributed by atoms with E-state index in [0.717, 1.165) is 22.4 Å². The van der Waals surface area contributed by atoms with E-state index in [1.54, 1.807) is 12.4 Å². The smallest absolute Gasteiger partial charge is 0.235 e. The van der Waals surface area contributed by atoms with Gasteiger partial charge < -0.3 is 0 Å². The molecule has 0 spiro atoms. The fourth-order valence-electron chi connectivity index (χ4n) is 5.69. The summed E-state index contributed by atoms with van der Waals surface area (Å²) in [5.41, 5.74) is 10.6. The molecule has 37 heavy (non-hydrogen) atoms. The molecule has 2 aromatic heterocycles. The van der Waals surface area contributed by atoms with Gasteiger partial charge in [0.05, 0.1) is 11.0 Å². The number of aromatic nitrogens is 4. The van der Waals surface area contributed by atoms with Gasteiger partial charge in [0.1, 0.15) is 5.82 Å². The molecule has 8 rings (SSSR count). The molecule has 1 aliphatic carbocycles. The van der Waals surface area contributed by atoms with Crippen LogP contribution in [0.5, 0.6) is 0 Å². The zero-order chi connectivity index (χ0) is 24.3. The molecule has 0 bridgehead atoms. The third-order valence-corrected chi connectivity index (χ3v) is 7.32. The number of nitrogens with zero attached hydrogens (tertiary/aromatic N) is 4. The van der Waals surface area contributed by atoms with Crippen molar-refractivity contribution in [3.05, 3.63) is 122 Å². The summed E-state index contributed by atoms with van der Waals surface area (Å²) in [6, 6.07) is 38.5. The van der Waals surface area contributed by atoms with E-state index in [4.69, 9.17) is 4.98 Å². The number of hydrogen-bond donors (Lipinski definition) is 0. The molecule has 4 heteroatoms. The molecule has 4 nitrogen and oxygen atoms in total. The molecular weight excluding hydrogens is 452 g/mol. The molecule has 172 valence electrons. The summed E-state index contributed by atoms with van der Waals surface area (Å²) in [5.74, 6) is 1.44. The van der Waals surface area contributed by atoms with Crippen molar-refractivity contribution in [3.63, 3.8) is 0 Å². The first-order valence-corrected chi connectivity index (χ1v) is 12.4. The van der Waals surface area contributed by atoms with E-state index >= 15 is 0 Å². The summed E-state index contributed by atoms with van der Waals surface area (Å²) in [7, 11) is 0. The van der Waals surface area contributed by atoms with E-state index in [0.29, 0.717) is 5.95 Å². The van der Waals surface area contributed by atoms with Gasteiger partial charge in [-0.15, -0.1) is 0 Å². The maximum Gasteiger partial charge on any atom is 0.235 e. The van der Waals surface area contributed by atoms with Crippen molar-refractivity contribution in [2.45, 2.75) is 0 Å². The Labute approximate surface area is 213 Å². The van der Waals surface area contributed by atoms with Gasteiger partial charge in [-0.2, -0.15) is 0 Å². The van der Waals surface area contributed by atoms with Crippen molar-refractivity contribution in [3.8, 4) is 50.7 Å². The van der Waals surface area contributed by atoms with Crippen LogP contribution in [0.3, 0.4) is 0 Å². The van der Waals surface area contributed by atoms with Crippen LogP contribution in [0.15, 0.2) is 122 Å². The molecule has 0 fully saturated rings. The molecule has 0 aliphatic heterocycles. The quantitative estimate of drug-likeness (QED) is 0.262. The first-order chi connectivity index (χ1) is 18.4. The molecule has 0 atom stereocenters.